The number of imide groups is 1. The van der Waals surface area contributed by atoms with Gasteiger partial charge in [0.15, 0.2) is 0 Å². The van der Waals surface area contributed by atoms with E-state index in [1.807, 2.05) is 22.6 Å². The number of halogens is 1. The fourth-order valence-electron chi connectivity index (χ4n) is 2.81. The molecule has 3 N–H and O–H groups in total. The number of hydrogen-bond acceptors (Lipinski definition) is 5. The molecule has 0 aliphatic heterocycles. The standard InChI is InChI=1S/C17H21IN2O5/c1-16(2,3)25-13(21)9-20(15(23)24)14(22)17(18)7-6-10-8-11(19)4-5-12(10)17/h4-5,8H,6-7,9,19H2,1-3H3,(H,23,24). The van der Waals surface area contributed by atoms with Crippen molar-refractivity contribution >= 4 is 46.2 Å². The number of alkyl halides is 1. The summed E-state index contributed by atoms with van der Waals surface area (Å²) in [5.74, 6) is -1.41. The van der Waals surface area contributed by atoms with Crippen LogP contribution in [0, 0.1) is 0 Å². The molecule has 1 aromatic carbocycles. The van der Waals surface area contributed by atoms with Gasteiger partial charge in [-0.2, -0.15) is 0 Å². The van der Waals surface area contributed by atoms with Gasteiger partial charge in [0.2, 0.25) is 0 Å². The van der Waals surface area contributed by atoms with E-state index in [9.17, 15) is 19.5 Å². The first-order valence-electron chi connectivity index (χ1n) is 7.78. The molecular weight excluding hydrogens is 439 g/mol. The van der Waals surface area contributed by atoms with Crippen LogP contribution in [0.2, 0.25) is 0 Å². The van der Waals surface area contributed by atoms with Crippen LogP contribution in [0.1, 0.15) is 38.3 Å². The normalized spacial score (nSPS) is 19.2. The summed E-state index contributed by atoms with van der Waals surface area (Å²) in [6, 6.07) is 5.22. The number of esters is 1. The fraction of sp³-hybridized carbons (Fsp3) is 0.471. The van der Waals surface area contributed by atoms with Crippen molar-refractivity contribution in [3.63, 3.8) is 0 Å². The van der Waals surface area contributed by atoms with E-state index in [1.165, 1.54) is 0 Å². The molecule has 1 aliphatic rings. The number of nitrogens with zero attached hydrogens (tertiary/aromatic N) is 1. The first kappa shape index (κ1) is 19.5. The molecule has 7 nitrogen and oxygen atoms in total. The zero-order valence-electron chi connectivity index (χ0n) is 14.3. The predicted octanol–water partition coefficient (Wildman–Crippen LogP) is 2.69. The third kappa shape index (κ3) is 4.23. The summed E-state index contributed by atoms with van der Waals surface area (Å²) in [5, 5.41) is 9.43. The van der Waals surface area contributed by atoms with Crippen LogP contribution >= 0.6 is 22.6 Å². The van der Waals surface area contributed by atoms with Crippen LogP contribution in [-0.2, 0) is 24.2 Å². The van der Waals surface area contributed by atoms with Crippen LogP contribution in [0.3, 0.4) is 0 Å². The van der Waals surface area contributed by atoms with Gasteiger partial charge in [-0.3, -0.25) is 9.59 Å². The lowest BCUT2D eigenvalue weighted by atomic mass is 9.99. The number of ether oxygens (including phenoxy) is 1. The summed E-state index contributed by atoms with van der Waals surface area (Å²) in [5.41, 5.74) is 7.27. The number of benzene rings is 1. The van der Waals surface area contributed by atoms with Crippen molar-refractivity contribution in [3.05, 3.63) is 29.3 Å². The monoisotopic (exact) mass is 460 g/mol. The van der Waals surface area contributed by atoms with Crippen molar-refractivity contribution in [3.8, 4) is 0 Å². The maximum atomic E-state index is 13.0. The third-order valence-corrected chi connectivity index (χ3v) is 5.40. The molecule has 1 atom stereocenters. The second-order valence-corrected chi connectivity index (χ2v) is 8.82. The second-order valence-electron chi connectivity index (χ2n) is 6.98. The molecule has 0 fully saturated rings. The number of nitrogen functional groups attached to an aromatic ring is 1. The molecule has 1 aromatic rings. The second kappa shape index (κ2) is 6.81. The first-order chi connectivity index (χ1) is 11.4. The molecule has 0 radical (unpaired) electrons. The van der Waals surface area contributed by atoms with Gasteiger partial charge in [-0.05, 0) is 56.9 Å². The Kier molecular flexibility index (Phi) is 5.31. The number of nitrogens with two attached hydrogens (primary N) is 1. The van der Waals surface area contributed by atoms with E-state index in [2.05, 4.69) is 0 Å². The molecule has 1 aliphatic carbocycles. The topological polar surface area (TPSA) is 110 Å². The SMILES string of the molecule is CC(C)(C)OC(=O)CN(C(=O)O)C(=O)C1(I)CCc2cc(N)ccc21. The smallest absolute Gasteiger partial charge is 0.414 e. The summed E-state index contributed by atoms with van der Waals surface area (Å²) in [4.78, 5) is 37.1. The van der Waals surface area contributed by atoms with Crippen molar-refractivity contribution in [2.45, 2.75) is 42.6 Å². The highest BCUT2D eigenvalue weighted by molar-refractivity contribution is 14.1. The average Bonchev–Trinajstić information content (AvgIpc) is 2.80. The number of fused-ring (bicyclic) bond motifs is 1. The number of carbonyl (C=O) groups excluding carboxylic acids is 2. The molecule has 0 saturated heterocycles. The molecule has 0 bridgehead atoms. The molecule has 0 spiro atoms. The molecule has 136 valence electrons. The molecule has 2 amide bonds. The van der Waals surface area contributed by atoms with Gasteiger partial charge in [0.05, 0.1) is 0 Å². The molecule has 8 heteroatoms. The van der Waals surface area contributed by atoms with Crippen molar-refractivity contribution in [1.29, 1.82) is 0 Å². The Morgan fingerprint density at radius 2 is 2.00 bits per heavy atom. The van der Waals surface area contributed by atoms with Crippen LogP contribution in [0.4, 0.5) is 10.5 Å². The van der Waals surface area contributed by atoms with Crippen molar-refractivity contribution in [2.24, 2.45) is 0 Å². The van der Waals surface area contributed by atoms with Gasteiger partial charge in [0, 0.05) is 5.69 Å². The van der Waals surface area contributed by atoms with Gasteiger partial charge in [-0.25, -0.2) is 9.69 Å². The summed E-state index contributed by atoms with van der Waals surface area (Å²) < 4.78 is 4.09. The van der Waals surface area contributed by atoms with E-state index in [0.29, 0.717) is 23.4 Å². The van der Waals surface area contributed by atoms with E-state index >= 15 is 0 Å². The van der Waals surface area contributed by atoms with E-state index in [1.54, 1.807) is 39.0 Å². The van der Waals surface area contributed by atoms with Crippen LogP contribution in [0.5, 0.6) is 0 Å². The lowest BCUT2D eigenvalue weighted by Gasteiger charge is -2.28. The number of carboxylic acid groups (broad SMARTS) is 1. The maximum absolute atomic E-state index is 13.0. The molecule has 0 saturated carbocycles. The quantitative estimate of drug-likeness (QED) is 0.311. The number of amides is 2. The number of carbonyl (C=O) groups is 3. The summed E-state index contributed by atoms with van der Waals surface area (Å²) >= 11 is 1.97. The third-order valence-electron chi connectivity index (χ3n) is 3.82. The minimum absolute atomic E-state index is 0.448. The lowest BCUT2D eigenvalue weighted by Crippen LogP contribution is -2.48. The van der Waals surface area contributed by atoms with Crippen LogP contribution in [-0.4, -0.2) is 40.1 Å². The summed E-state index contributed by atoms with van der Waals surface area (Å²) in [7, 11) is 0. The Morgan fingerprint density at radius 3 is 2.56 bits per heavy atom. The zero-order chi connectivity index (χ0) is 19.0. The Balaban J connectivity index is 2.27. The molecular formula is C17H21IN2O5. The van der Waals surface area contributed by atoms with Gasteiger partial charge in [0.1, 0.15) is 15.6 Å². The average molecular weight is 460 g/mol. The molecule has 2 rings (SSSR count). The highest BCUT2D eigenvalue weighted by Crippen LogP contribution is 2.46. The van der Waals surface area contributed by atoms with Crippen LogP contribution in [0.15, 0.2) is 18.2 Å². The number of aryl methyl sites for hydroxylation is 1. The van der Waals surface area contributed by atoms with Gasteiger partial charge in [0.25, 0.3) is 5.91 Å². The van der Waals surface area contributed by atoms with Gasteiger partial charge in [-0.15, -0.1) is 0 Å². The Bertz CT molecular complexity index is 728. The Labute approximate surface area is 159 Å². The fourth-order valence-corrected chi connectivity index (χ4v) is 3.90. The minimum atomic E-state index is -1.48. The van der Waals surface area contributed by atoms with Crippen molar-refractivity contribution in [2.75, 3.05) is 12.3 Å². The molecule has 0 aromatic heterocycles. The van der Waals surface area contributed by atoms with Gasteiger partial charge >= 0.3 is 12.1 Å². The molecule has 25 heavy (non-hydrogen) atoms. The summed E-state index contributed by atoms with van der Waals surface area (Å²) in [6.07, 6.45) is -0.408. The van der Waals surface area contributed by atoms with E-state index in [0.717, 1.165) is 11.1 Å². The van der Waals surface area contributed by atoms with E-state index < -0.39 is 33.5 Å². The van der Waals surface area contributed by atoms with Crippen LogP contribution in [0.25, 0.3) is 0 Å². The number of rotatable bonds is 3. The van der Waals surface area contributed by atoms with Crippen molar-refractivity contribution in [1.82, 2.24) is 4.90 Å². The van der Waals surface area contributed by atoms with Gasteiger partial charge < -0.3 is 15.6 Å². The zero-order valence-corrected chi connectivity index (χ0v) is 16.5. The van der Waals surface area contributed by atoms with E-state index in [-0.39, 0.29) is 0 Å². The molecule has 1 unspecified atom stereocenters. The minimum Gasteiger partial charge on any atom is -0.465 e. The predicted molar refractivity (Wildman–Crippen MR) is 100 cm³/mol. The highest BCUT2D eigenvalue weighted by atomic mass is 127. The van der Waals surface area contributed by atoms with Crippen molar-refractivity contribution < 1.29 is 24.2 Å². The Hall–Kier alpha value is -1.84. The Morgan fingerprint density at radius 1 is 1.36 bits per heavy atom. The maximum Gasteiger partial charge on any atom is 0.414 e. The first-order valence-corrected chi connectivity index (χ1v) is 8.86. The van der Waals surface area contributed by atoms with Crippen LogP contribution < -0.4 is 5.73 Å². The largest absolute Gasteiger partial charge is 0.465 e. The highest BCUT2D eigenvalue weighted by Gasteiger charge is 2.47. The van der Waals surface area contributed by atoms with Gasteiger partial charge in [-0.1, -0.05) is 28.7 Å². The summed E-state index contributed by atoms with van der Waals surface area (Å²) in [6.45, 7) is 4.39. The lowest BCUT2D eigenvalue weighted by molar-refractivity contribution is -0.158. The molecule has 0 heterocycles. The number of hydrogen-bond donors (Lipinski definition) is 2. The number of anilines is 1. The van der Waals surface area contributed by atoms with E-state index in [4.69, 9.17) is 10.5 Å².